The zero-order valence-corrected chi connectivity index (χ0v) is 9.39. The molecular weight excluding hydrogens is 229 g/mol. The number of carbonyl (C=O) groups is 1. The van der Waals surface area contributed by atoms with Gasteiger partial charge in [0.2, 0.25) is 0 Å². The summed E-state index contributed by atoms with van der Waals surface area (Å²) in [6.07, 6.45) is 0.894. The van der Waals surface area contributed by atoms with E-state index in [4.69, 9.17) is 0 Å². The average molecular weight is 241 g/mol. The van der Waals surface area contributed by atoms with E-state index < -0.39 is 11.7 Å². The topological polar surface area (TPSA) is 49.3 Å². The first-order chi connectivity index (χ1) is 7.68. The van der Waals surface area contributed by atoms with E-state index in [0.29, 0.717) is 0 Å². The number of phenols is 1. The van der Waals surface area contributed by atoms with Gasteiger partial charge in [0, 0.05) is 11.8 Å². The molecule has 0 aromatic heterocycles. The number of nitrogens with one attached hydrogen (secondary N) is 1. The normalized spacial score (nSPS) is 19.7. The second-order valence-electron chi connectivity index (χ2n) is 3.67. The molecule has 0 saturated carbocycles. The quantitative estimate of drug-likeness (QED) is 0.829. The third-order valence-corrected chi connectivity index (χ3v) is 3.65. The average Bonchev–Trinajstić information content (AvgIpc) is 2.70. The Kier molecular flexibility index (Phi) is 3.33. The summed E-state index contributed by atoms with van der Waals surface area (Å²) < 4.78 is 13.3. The lowest BCUT2D eigenvalue weighted by Crippen LogP contribution is -2.35. The first-order valence-corrected chi connectivity index (χ1v) is 6.20. The Labute approximate surface area is 97.0 Å². The molecule has 1 aromatic carbocycles. The maximum atomic E-state index is 13.3. The highest BCUT2D eigenvalue weighted by Gasteiger charge is 2.22. The van der Waals surface area contributed by atoms with Gasteiger partial charge >= 0.3 is 0 Å². The van der Waals surface area contributed by atoms with Gasteiger partial charge in [0.05, 0.1) is 0 Å². The first kappa shape index (κ1) is 11.3. The van der Waals surface area contributed by atoms with Crippen molar-refractivity contribution in [1.29, 1.82) is 0 Å². The number of hydrogen-bond acceptors (Lipinski definition) is 3. The minimum atomic E-state index is -0.692. The third kappa shape index (κ3) is 2.29. The van der Waals surface area contributed by atoms with Crippen LogP contribution in [0.3, 0.4) is 0 Å². The van der Waals surface area contributed by atoms with Gasteiger partial charge in [-0.15, -0.1) is 0 Å². The maximum absolute atomic E-state index is 13.3. The molecule has 1 fully saturated rings. The highest BCUT2D eigenvalue weighted by molar-refractivity contribution is 7.99. The number of rotatable bonds is 2. The number of carbonyl (C=O) groups excluding carboxylic acids is 1. The highest BCUT2D eigenvalue weighted by Crippen LogP contribution is 2.22. The standard InChI is InChI=1S/C11H12FNO2S/c12-8-2-1-3-9(14)10(8)11(15)13-7-4-5-16-6-7/h1-3,7,14H,4-6H2,(H,13,15). The van der Waals surface area contributed by atoms with Crippen LogP contribution in [0.2, 0.25) is 0 Å². The van der Waals surface area contributed by atoms with Crippen LogP contribution in [-0.4, -0.2) is 28.6 Å². The van der Waals surface area contributed by atoms with E-state index >= 15 is 0 Å². The van der Waals surface area contributed by atoms with Crippen LogP contribution in [0.15, 0.2) is 18.2 Å². The van der Waals surface area contributed by atoms with Crippen molar-refractivity contribution in [3.63, 3.8) is 0 Å². The number of benzene rings is 1. The van der Waals surface area contributed by atoms with Crippen LogP contribution < -0.4 is 5.32 Å². The second kappa shape index (κ2) is 4.74. The SMILES string of the molecule is O=C(NC1CCSC1)c1c(O)cccc1F. The molecule has 2 N–H and O–H groups in total. The van der Waals surface area contributed by atoms with Gasteiger partial charge in [-0.3, -0.25) is 4.79 Å². The third-order valence-electron chi connectivity index (χ3n) is 2.48. The van der Waals surface area contributed by atoms with Crippen molar-refractivity contribution in [2.24, 2.45) is 0 Å². The summed E-state index contributed by atoms with van der Waals surface area (Å²) >= 11 is 1.76. The van der Waals surface area contributed by atoms with Crippen molar-refractivity contribution in [2.45, 2.75) is 12.5 Å². The summed E-state index contributed by atoms with van der Waals surface area (Å²) in [5.41, 5.74) is -0.264. The molecule has 0 radical (unpaired) electrons. The van der Waals surface area contributed by atoms with Crippen LogP contribution >= 0.6 is 11.8 Å². The van der Waals surface area contributed by atoms with Gasteiger partial charge in [-0.05, 0) is 24.3 Å². The second-order valence-corrected chi connectivity index (χ2v) is 4.82. The Morgan fingerprint density at radius 1 is 1.56 bits per heavy atom. The largest absolute Gasteiger partial charge is 0.507 e. The van der Waals surface area contributed by atoms with Crippen molar-refractivity contribution in [1.82, 2.24) is 5.32 Å². The summed E-state index contributed by atoms with van der Waals surface area (Å²) in [6, 6.07) is 3.92. The number of thioether (sulfide) groups is 1. The molecule has 5 heteroatoms. The summed E-state index contributed by atoms with van der Waals surface area (Å²) in [5.74, 6) is 0.309. The molecule has 1 atom stereocenters. The maximum Gasteiger partial charge on any atom is 0.258 e. The van der Waals surface area contributed by atoms with E-state index in [0.717, 1.165) is 24.0 Å². The highest BCUT2D eigenvalue weighted by atomic mass is 32.2. The number of hydrogen-bond donors (Lipinski definition) is 2. The molecule has 1 amide bonds. The van der Waals surface area contributed by atoms with Crippen LogP contribution in [0.25, 0.3) is 0 Å². The number of aromatic hydroxyl groups is 1. The van der Waals surface area contributed by atoms with Crippen molar-refractivity contribution in [2.75, 3.05) is 11.5 Å². The van der Waals surface area contributed by atoms with E-state index in [1.807, 2.05) is 0 Å². The van der Waals surface area contributed by atoms with E-state index in [9.17, 15) is 14.3 Å². The van der Waals surface area contributed by atoms with Crippen LogP contribution in [0.4, 0.5) is 4.39 Å². The van der Waals surface area contributed by atoms with Crippen LogP contribution in [0.1, 0.15) is 16.8 Å². The van der Waals surface area contributed by atoms with Gasteiger partial charge in [0.25, 0.3) is 5.91 Å². The molecule has 1 unspecified atom stereocenters. The fourth-order valence-electron chi connectivity index (χ4n) is 1.64. The summed E-state index contributed by atoms with van der Waals surface area (Å²) in [4.78, 5) is 11.7. The molecule has 0 bridgehead atoms. The Morgan fingerprint density at radius 3 is 3.00 bits per heavy atom. The number of amides is 1. The fraction of sp³-hybridized carbons (Fsp3) is 0.364. The monoisotopic (exact) mass is 241 g/mol. The molecule has 16 heavy (non-hydrogen) atoms. The number of phenolic OH excluding ortho intramolecular Hbond substituents is 1. The van der Waals surface area contributed by atoms with Crippen LogP contribution in [0, 0.1) is 5.82 Å². The summed E-state index contributed by atoms with van der Waals surface area (Å²) in [6.45, 7) is 0. The molecule has 3 nitrogen and oxygen atoms in total. The first-order valence-electron chi connectivity index (χ1n) is 5.04. The van der Waals surface area contributed by atoms with E-state index in [1.54, 1.807) is 11.8 Å². The fourth-order valence-corrected chi connectivity index (χ4v) is 2.80. The summed E-state index contributed by atoms with van der Waals surface area (Å²) in [5, 5.41) is 12.1. The van der Waals surface area contributed by atoms with Crippen LogP contribution in [0.5, 0.6) is 5.75 Å². The zero-order chi connectivity index (χ0) is 11.5. The lowest BCUT2D eigenvalue weighted by atomic mass is 10.1. The van der Waals surface area contributed by atoms with Crippen LogP contribution in [-0.2, 0) is 0 Å². The minimum absolute atomic E-state index is 0.0801. The van der Waals surface area contributed by atoms with Crippen molar-refractivity contribution >= 4 is 17.7 Å². The van der Waals surface area contributed by atoms with Crippen molar-refractivity contribution in [3.05, 3.63) is 29.6 Å². The molecule has 1 aliphatic heterocycles. The lowest BCUT2D eigenvalue weighted by molar-refractivity contribution is 0.0934. The molecule has 1 aromatic rings. The van der Waals surface area contributed by atoms with E-state index in [1.165, 1.54) is 12.1 Å². The van der Waals surface area contributed by atoms with Gasteiger partial charge in [-0.25, -0.2) is 4.39 Å². The van der Waals surface area contributed by atoms with Gasteiger partial charge in [0.1, 0.15) is 17.1 Å². The minimum Gasteiger partial charge on any atom is -0.507 e. The van der Waals surface area contributed by atoms with Gasteiger partial charge < -0.3 is 10.4 Å². The predicted octanol–water partition coefficient (Wildman–Crippen LogP) is 1.77. The van der Waals surface area contributed by atoms with E-state index in [-0.39, 0.29) is 17.4 Å². The van der Waals surface area contributed by atoms with Crippen molar-refractivity contribution < 1.29 is 14.3 Å². The van der Waals surface area contributed by atoms with Gasteiger partial charge in [-0.2, -0.15) is 11.8 Å². The summed E-state index contributed by atoms with van der Waals surface area (Å²) in [7, 11) is 0. The van der Waals surface area contributed by atoms with Gasteiger partial charge in [0.15, 0.2) is 0 Å². The molecule has 0 aliphatic carbocycles. The number of halogens is 1. The molecule has 1 saturated heterocycles. The predicted molar refractivity (Wildman–Crippen MR) is 61.3 cm³/mol. The lowest BCUT2D eigenvalue weighted by Gasteiger charge is -2.12. The Bertz CT molecular complexity index is 385. The molecule has 1 aliphatic rings. The smallest absolute Gasteiger partial charge is 0.258 e. The Balaban J connectivity index is 2.13. The molecule has 0 spiro atoms. The molecule has 2 rings (SSSR count). The molecule has 1 heterocycles. The zero-order valence-electron chi connectivity index (χ0n) is 8.57. The molecule has 86 valence electrons. The van der Waals surface area contributed by atoms with E-state index in [2.05, 4.69) is 5.32 Å². The van der Waals surface area contributed by atoms with Gasteiger partial charge in [-0.1, -0.05) is 6.07 Å². The molecular formula is C11H12FNO2S. The Hall–Kier alpha value is -1.23. The van der Waals surface area contributed by atoms with Crippen molar-refractivity contribution in [3.8, 4) is 5.75 Å². The Morgan fingerprint density at radius 2 is 2.38 bits per heavy atom.